The van der Waals surface area contributed by atoms with Crippen LogP contribution in [0, 0.1) is 6.92 Å². The number of nitrogens with one attached hydrogen (secondary N) is 2. The second-order valence-electron chi connectivity index (χ2n) is 5.41. The van der Waals surface area contributed by atoms with Crippen molar-refractivity contribution in [3.8, 4) is 11.5 Å². The number of carbonyl (C=O) groups is 1. The number of benzene rings is 2. The second kappa shape index (κ2) is 9.18. The molecule has 1 amide bonds. The van der Waals surface area contributed by atoms with E-state index in [1.54, 1.807) is 18.2 Å². The first-order chi connectivity index (χ1) is 12.0. The molecular formula is C19H23ClN2O3. The van der Waals surface area contributed by atoms with Crippen LogP contribution in [0.5, 0.6) is 11.5 Å². The van der Waals surface area contributed by atoms with Crippen molar-refractivity contribution in [1.29, 1.82) is 0 Å². The molecule has 2 aromatic carbocycles. The van der Waals surface area contributed by atoms with Gasteiger partial charge in [0.15, 0.2) is 11.5 Å². The largest absolute Gasteiger partial charge is 0.490 e. The monoisotopic (exact) mass is 362 g/mol. The number of hydrogen-bond acceptors (Lipinski definition) is 4. The van der Waals surface area contributed by atoms with Crippen LogP contribution in [-0.2, 0) is 4.79 Å². The van der Waals surface area contributed by atoms with Crippen molar-refractivity contribution < 1.29 is 14.3 Å². The number of aryl methyl sites for hydroxylation is 1. The predicted octanol–water partition coefficient (Wildman–Crippen LogP) is 4.50. The van der Waals surface area contributed by atoms with Gasteiger partial charge in [0.1, 0.15) is 0 Å². The molecule has 0 aromatic heterocycles. The molecule has 0 unspecified atom stereocenters. The van der Waals surface area contributed by atoms with Gasteiger partial charge < -0.3 is 20.1 Å². The molecule has 0 bridgehead atoms. The van der Waals surface area contributed by atoms with Crippen LogP contribution in [-0.4, -0.2) is 25.7 Å². The lowest BCUT2D eigenvalue weighted by Gasteiger charge is -2.13. The topological polar surface area (TPSA) is 59.6 Å². The van der Waals surface area contributed by atoms with Gasteiger partial charge >= 0.3 is 0 Å². The van der Waals surface area contributed by atoms with Gasteiger partial charge in [-0.25, -0.2) is 0 Å². The van der Waals surface area contributed by atoms with Crippen LogP contribution >= 0.6 is 11.6 Å². The fourth-order valence-corrected chi connectivity index (χ4v) is 2.57. The minimum absolute atomic E-state index is 0.111. The average Bonchev–Trinajstić information content (AvgIpc) is 2.57. The SMILES string of the molecule is CCOc1ccc(NC(=O)CNc2ccc(C)cc2Cl)cc1OCC. The Morgan fingerprint density at radius 3 is 2.44 bits per heavy atom. The molecule has 0 atom stereocenters. The summed E-state index contributed by atoms with van der Waals surface area (Å²) in [5, 5.41) is 6.45. The van der Waals surface area contributed by atoms with Crippen LogP contribution in [0.1, 0.15) is 19.4 Å². The summed E-state index contributed by atoms with van der Waals surface area (Å²) < 4.78 is 11.1. The average molecular weight is 363 g/mol. The van der Waals surface area contributed by atoms with E-state index in [2.05, 4.69) is 10.6 Å². The normalized spacial score (nSPS) is 10.2. The smallest absolute Gasteiger partial charge is 0.243 e. The molecule has 5 nitrogen and oxygen atoms in total. The zero-order chi connectivity index (χ0) is 18.2. The van der Waals surface area contributed by atoms with Gasteiger partial charge in [0.25, 0.3) is 0 Å². The maximum Gasteiger partial charge on any atom is 0.243 e. The first-order valence-corrected chi connectivity index (χ1v) is 8.60. The maximum atomic E-state index is 12.2. The molecule has 25 heavy (non-hydrogen) atoms. The standard InChI is InChI=1S/C19H23ClN2O3/c1-4-24-17-9-7-14(11-18(17)25-5-2)22-19(23)12-21-16-8-6-13(3)10-15(16)20/h6-11,21H,4-5,12H2,1-3H3,(H,22,23). The Morgan fingerprint density at radius 2 is 1.76 bits per heavy atom. The molecule has 0 aliphatic heterocycles. The van der Waals surface area contributed by atoms with Gasteiger partial charge in [-0.1, -0.05) is 17.7 Å². The summed E-state index contributed by atoms with van der Waals surface area (Å²) in [6, 6.07) is 11.0. The maximum absolute atomic E-state index is 12.2. The summed E-state index contributed by atoms with van der Waals surface area (Å²) in [5.41, 5.74) is 2.44. The minimum atomic E-state index is -0.178. The van der Waals surface area contributed by atoms with Crippen LogP contribution in [0.2, 0.25) is 5.02 Å². The van der Waals surface area contributed by atoms with E-state index in [1.165, 1.54) is 0 Å². The predicted molar refractivity (Wildman–Crippen MR) is 102 cm³/mol. The molecular weight excluding hydrogens is 340 g/mol. The molecule has 2 N–H and O–H groups in total. The number of hydrogen-bond donors (Lipinski definition) is 2. The molecule has 0 spiro atoms. The van der Waals surface area contributed by atoms with Gasteiger partial charge in [-0.3, -0.25) is 4.79 Å². The van der Waals surface area contributed by atoms with E-state index >= 15 is 0 Å². The highest BCUT2D eigenvalue weighted by Crippen LogP contribution is 2.30. The molecule has 0 saturated heterocycles. The summed E-state index contributed by atoms with van der Waals surface area (Å²) in [6.07, 6.45) is 0. The van der Waals surface area contributed by atoms with Gasteiger partial charge in [-0.05, 0) is 50.6 Å². The zero-order valence-corrected chi connectivity index (χ0v) is 15.4. The molecule has 0 saturated carbocycles. The number of rotatable bonds is 8. The molecule has 0 aliphatic carbocycles. The van der Waals surface area contributed by atoms with Gasteiger partial charge in [0, 0.05) is 11.8 Å². The van der Waals surface area contributed by atoms with Crippen molar-refractivity contribution in [2.24, 2.45) is 0 Å². The van der Waals surface area contributed by atoms with Crippen molar-refractivity contribution in [2.75, 3.05) is 30.4 Å². The van der Waals surface area contributed by atoms with E-state index in [0.717, 1.165) is 11.3 Å². The molecule has 2 aromatic rings. The number of carbonyl (C=O) groups excluding carboxylic acids is 1. The first kappa shape index (κ1) is 18.9. The van der Waals surface area contributed by atoms with Crippen molar-refractivity contribution in [1.82, 2.24) is 0 Å². The Labute approximate surface area is 153 Å². The molecule has 0 aliphatic rings. The lowest BCUT2D eigenvalue weighted by Crippen LogP contribution is -2.21. The fraction of sp³-hybridized carbons (Fsp3) is 0.316. The lowest BCUT2D eigenvalue weighted by molar-refractivity contribution is -0.114. The molecule has 0 fully saturated rings. The third-order valence-corrected chi connectivity index (χ3v) is 3.70. The number of amides is 1. The molecule has 134 valence electrons. The van der Waals surface area contributed by atoms with E-state index in [1.807, 2.05) is 39.0 Å². The van der Waals surface area contributed by atoms with Gasteiger partial charge in [-0.2, -0.15) is 0 Å². The lowest BCUT2D eigenvalue weighted by atomic mass is 10.2. The minimum Gasteiger partial charge on any atom is -0.490 e. The molecule has 6 heteroatoms. The van der Waals surface area contributed by atoms with Gasteiger partial charge in [-0.15, -0.1) is 0 Å². The highest BCUT2D eigenvalue weighted by Gasteiger charge is 2.09. The Balaban J connectivity index is 1.98. The Morgan fingerprint density at radius 1 is 1.04 bits per heavy atom. The Bertz CT molecular complexity index is 735. The van der Waals surface area contributed by atoms with E-state index in [4.69, 9.17) is 21.1 Å². The summed E-state index contributed by atoms with van der Waals surface area (Å²) >= 11 is 6.15. The molecule has 0 heterocycles. The summed E-state index contributed by atoms with van der Waals surface area (Å²) in [6.45, 7) is 6.95. The summed E-state index contributed by atoms with van der Waals surface area (Å²) in [4.78, 5) is 12.2. The summed E-state index contributed by atoms with van der Waals surface area (Å²) in [5.74, 6) is 1.09. The van der Waals surface area contributed by atoms with Crippen molar-refractivity contribution in [3.05, 3.63) is 47.0 Å². The van der Waals surface area contributed by atoms with Crippen molar-refractivity contribution in [3.63, 3.8) is 0 Å². The van der Waals surface area contributed by atoms with Gasteiger partial charge in [0.2, 0.25) is 5.91 Å². The third-order valence-electron chi connectivity index (χ3n) is 3.39. The van der Waals surface area contributed by atoms with E-state index in [0.29, 0.717) is 35.4 Å². The highest BCUT2D eigenvalue weighted by molar-refractivity contribution is 6.33. The van der Waals surface area contributed by atoms with Crippen molar-refractivity contribution in [2.45, 2.75) is 20.8 Å². The molecule has 0 radical (unpaired) electrons. The van der Waals surface area contributed by atoms with E-state index in [-0.39, 0.29) is 12.5 Å². The number of halogens is 1. The summed E-state index contributed by atoms with van der Waals surface area (Å²) in [7, 11) is 0. The number of anilines is 2. The Kier molecular flexibility index (Phi) is 6.95. The highest BCUT2D eigenvalue weighted by atomic mass is 35.5. The van der Waals surface area contributed by atoms with Crippen molar-refractivity contribution >= 4 is 28.9 Å². The number of ether oxygens (including phenoxy) is 2. The van der Waals surface area contributed by atoms with Crippen LogP contribution in [0.15, 0.2) is 36.4 Å². The van der Waals surface area contributed by atoms with Crippen LogP contribution in [0.4, 0.5) is 11.4 Å². The van der Waals surface area contributed by atoms with E-state index in [9.17, 15) is 4.79 Å². The first-order valence-electron chi connectivity index (χ1n) is 8.23. The van der Waals surface area contributed by atoms with Crippen LogP contribution in [0.25, 0.3) is 0 Å². The van der Waals surface area contributed by atoms with Crippen LogP contribution in [0.3, 0.4) is 0 Å². The van der Waals surface area contributed by atoms with Crippen LogP contribution < -0.4 is 20.1 Å². The van der Waals surface area contributed by atoms with E-state index < -0.39 is 0 Å². The second-order valence-corrected chi connectivity index (χ2v) is 5.82. The quantitative estimate of drug-likeness (QED) is 0.726. The Hall–Kier alpha value is -2.40. The van der Waals surface area contributed by atoms with Gasteiger partial charge in [0.05, 0.1) is 30.5 Å². The fourth-order valence-electron chi connectivity index (χ4n) is 2.27. The zero-order valence-electron chi connectivity index (χ0n) is 14.7. The third kappa shape index (κ3) is 5.57. The molecule has 2 rings (SSSR count).